The van der Waals surface area contributed by atoms with Crippen molar-refractivity contribution in [3.63, 3.8) is 0 Å². The number of benzene rings is 1. The fourth-order valence-corrected chi connectivity index (χ4v) is 2.52. The van der Waals surface area contributed by atoms with Gasteiger partial charge in [-0.2, -0.15) is 13.2 Å². The van der Waals surface area contributed by atoms with Crippen molar-refractivity contribution in [1.82, 2.24) is 4.57 Å². The summed E-state index contributed by atoms with van der Waals surface area (Å²) >= 11 is 2.93. The Hall–Kier alpha value is -1.43. The maximum absolute atomic E-state index is 12.8. The topological polar surface area (TPSA) is 17.0 Å². The predicted octanol–water partition coefficient (Wildman–Crippen LogP) is 5.29. The van der Waals surface area contributed by atoms with E-state index < -0.39 is 11.7 Å². The highest BCUT2D eigenvalue weighted by Gasteiger charge is 2.33. The first-order valence-electron chi connectivity index (χ1n) is 6.65. The summed E-state index contributed by atoms with van der Waals surface area (Å²) in [5, 5.41) is 3.02. The molecule has 1 N–H and O–H groups in total. The normalized spacial score (nSPS) is 11.7. The Balaban J connectivity index is 2.06. The molecule has 0 atom stereocenters. The van der Waals surface area contributed by atoms with E-state index in [1.165, 1.54) is 6.07 Å². The third-order valence-corrected chi connectivity index (χ3v) is 3.75. The summed E-state index contributed by atoms with van der Waals surface area (Å²) in [6.07, 6.45) is 0.660. The zero-order valence-corrected chi connectivity index (χ0v) is 13.1. The first kappa shape index (κ1) is 15.9. The van der Waals surface area contributed by atoms with E-state index in [9.17, 15) is 13.2 Å². The lowest BCUT2D eigenvalue weighted by molar-refractivity contribution is -0.138. The maximum atomic E-state index is 12.8. The van der Waals surface area contributed by atoms with Gasteiger partial charge < -0.3 is 9.88 Å². The molecule has 1 aromatic heterocycles. The van der Waals surface area contributed by atoms with E-state index in [4.69, 9.17) is 0 Å². The molecule has 21 heavy (non-hydrogen) atoms. The van der Waals surface area contributed by atoms with Crippen LogP contribution in [0.25, 0.3) is 0 Å². The molecule has 2 nitrogen and oxygen atoms in total. The van der Waals surface area contributed by atoms with Crippen LogP contribution in [0, 0.1) is 0 Å². The van der Waals surface area contributed by atoms with Crippen LogP contribution in [0.2, 0.25) is 0 Å². The van der Waals surface area contributed by atoms with Crippen molar-refractivity contribution >= 4 is 21.6 Å². The number of aromatic nitrogens is 1. The molecule has 0 amide bonds. The van der Waals surface area contributed by atoms with E-state index in [2.05, 4.69) is 32.7 Å². The Morgan fingerprint density at radius 3 is 2.67 bits per heavy atom. The number of anilines is 1. The molecule has 114 valence electrons. The molecule has 1 heterocycles. The van der Waals surface area contributed by atoms with Crippen molar-refractivity contribution in [2.45, 2.75) is 32.6 Å². The lowest BCUT2D eigenvalue weighted by Crippen LogP contribution is -2.07. The number of hydrogen-bond donors (Lipinski definition) is 1. The Bertz CT molecular complexity index is 605. The van der Waals surface area contributed by atoms with Crippen LogP contribution in [0.1, 0.15) is 24.5 Å². The lowest BCUT2D eigenvalue weighted by atomic mass is 10.2. The van der Waals surface area contributed by atoms with Gasteiger partial charge in [0.1, 0.15) is 0 Å². The minimum absolute atomic E-state index is 0.0506. The molecule has 0 aliphatic rings. The Morgan fingerprint density at radius 2 is 2.00 bits per heavy atom. The first-order chi connectivity index (χ1) is 9.90. The molecule has 6 heteroatoms. The van der Waals surface area contributed by atoms with Crippen LogP contribution < -0.4 is 5.32 Å². The Morgan fingerprint density at radius 1 is 1.24 bits per heavy atom. The van der Waals surface area contributed by atoms with Crippen molar-refractivity contribution in [3.05, 3.63) is 52.3 Å². The second-order valence-electron chi connectivity index (χ2n) is 4.80. The van der Waals surface area contributed by atoms with Gasteiger partial charge in [0.05, 0.1) is 5.56 Å². The molecular weight excluding hydrogens is 345 g/mol. The highest BCUT2D eigenvalue weighted by atomic mass is 79.9. The van der Waals surface area contributed by atoms with E-state index >= 15 is 0 Å². The fourth-order valence-electron chi connectivity index (χ4n) is 2.05. The van der Waals surface area contributed by atoms with Gasteiger partial charge >= 0.3 is 6.18 Å². The molecule has 0 aliphatic heterocycles. The van der Waals surface area contributed by atoms with Gasteiger partial charge in [0.15, 0.2) is 0 Å². The quantitative estimate of drug-likeness (QED) is 0.766. The third kappa shape index (κ3) is 4.27. The summed E-state index contributed by atoms with van der Waals surface area (Å²) < 4.78 is 40.6. The van der Waals surface area contributed by atoms with Crippen LogP contribution in [-0.4, -0.2) is 4.57 Å². The van der Waals surface area contributed by atoms with Crippen LogP contribution in [0.5, 0.6) is 0 Å². The Kier molecular flexibility index (Phi) is 4.98. The highest BCUT2D eigenvalue weighted by Crippen LogP contribution is 2.36. The zero-order valence-electron chi connectivity index (χ0n) is 11.5. The monoisotopic (exact) mass is 360 g/mol. The fraction of sp³-hybridized carbons (Fsp3) is 0.333. The molecule has 1 aromatic carbocycles. The van der Waals surface area contributed by atoms with Crippen LogP contribution in [0.3, 0.4) is 0 Å². The number of rotatable bonds is 5. The van der Waals surface area contributed by atoms with Crippen molar-refractivity contribution < 1.29 is 13.2 Å². The third-order valence-electron chi connectivity index (χ3n) is 3.06. The second-order valence-corrected chi connectivity index (χ2v) is 5.66. The number of nitrogens with one attached hydrogen (secondary N) is 1. The number of halogens is 4. The number of hydrogen-bond acceptors (Lipinski definition) is 1. The van der Waals surface area contributed by atoms with E-state index in [-0.39, 0.29) is 4.47 Å². The van der Waals surface area contributed by atoms with Gasteiger partial charge in [0.25, 0.3) is 0 Å². The van der Waals surface area contributed by atoms with Gasteiger partial charge in [-0.1, -0.05) is 22.9 Å². The molecule has 0 bridgehead atoms. The molecule has 0 spiro atoms. The lowest BCUT2D eigenvalue weighted by Gasteiger charge is -2.12. The zero-order chi connectivity index (χ0) is 15.5. The van der Waals surface area contributed by atoms with Crippen molar-refractivity contribution in [1.29, 1.82) is 0 Å². The van der Waals surface area contributed by atoms with Gasteiger partial charge in [-0.25, -0.2) is 0 Å². The number of alkyl halides is 3. The Labute approximate surface area is 130 Å². The standard InChI is InChI=1S/C15H16BrF3N2/c1-2-6-21-7-5-11(10-21)9-20-12-3-4-14(16)13(8-12)15(17,18)19/h3-5,7-8,10,20H,2,6,9H2,1H3. The number of aryl methyl sites for hydroxylation is 1. The smallest absolute Gasteiger partial charge is 0.381 e. The van der Waals surface area contributed by atoms with Gasteiger partial charge in [-0.3, -0.25) is 0 Å². The molecule has 0 saturated heterocycles. The first-order valence-corrected chi connectivity index (χ1v) is 7.44. The van der Waals surface area contributed by atoms with Crippen molar-refractivity contribution in [2.24, 2.45) is 0 Å². The molecule has 0 saturated carbocycles. The minimum Gasteiger partial charge on any atom is -0.381 e. The largest absolute Gasteiger partial charge is 0.417 e. The average molecular weight is 361 g/mol. The summed E-state index contributed by atoms with van der Waals surface area (Å²) in [4.78, 5) is 0. The summed E-state index contributed by atoms with van der Waals surface area (Å²) in [5.74, 6) is 0. The van der Waals surface area contributed by atoms with Gasteiger partial charge in [-0.05, 0) is 36.2 Å². The predicted molar refractivity (Wildman–Crippen MR) is 81.2 cm³/mol. The van der Waals surface area contributed by atoms with Gasteiger partial charge in [-0.15, -0.1) is 0 Å². The summed E-state index contributed by atoms with van der Waals surface area (Å²) in [5.41, 5.74) is 0.824. The average Bonchev–Trinajstić information content (AvgIpc) is 2.85. The van der Waals surface area contributed by atoms with Crippen LogP contribution in [0.4, 0.5) is 18.9 Å². The maximum Gasteiger partial charge on any atom is 0.417 e. The second kappa shape index (κ2) is 6.56. The van der Waals surface area contributed by atoms with Crippen LogP contribution >= 0.6 is 15.9 Å². The molecule has 0 aliphatic carbocycles. The minimum atomic E-state index is -4.36. The summed E-state index contributed by atoms with van der Waals surface area (Å²) in [6, 6.07) is 6.12. The molecule has 2 rings (SSSR count). The highest BCUT2D eigenvalue weighted by molar-refractivity contribution is 9.10. The molecule has 0 fully saturated rings. The van der Waals surface area contributed by atoms with Crippen LogP contribution in [0.15, 0.2) is 41.1 Å². The molecule has 0 radical (unpaired) electrons. The van der Waals surface area contributed by atoms with Crippen molar-refractivity contribution in [3.8, 4) is 0 Å². The summed E-state index contributed by atoms with van der Waals surface area (Å²) in [7, 11) is 0. The van der Waals surface area contributed by atoms with E-state index in [0.29, 0.717) is 12.2 Å². The van der Waals surface area contributed by atoms with Gasteiger partial charge in [0, 0.05) is 35.6 Å². The van der Waals surface area contributed by atoms with E-state index in [0.717, 1.165) is 24.6 Å². The molecular formula is C15H16BrF3N2. The van der Waals surface area contributed by atoms with Crippen molar-refractivity contribution in [2.75, 3.05) is 5.32 Å². The van der Waals surface area contributed by atoms with Crippen LogP contribution in [-0.2, 0) is 19.3 Å². The number of nitrogens with zero attached hydrogens (tertiary/aromatic N) is 1. The molecule has 2 aromatic rings. The summed E-state index contributed by atoms with van der Waals surface area (Å²) in [6.45, 7) is 3.53. The SMILES string of the molecule is CCCn1ccc(CNc2ccc(Br)c(C(F)(F)F)c2)c1. The van der Waals surface area contributed by atoms with E-state index in [1.54, 1.807) is 6.07 Å². The van der Waals surface area contributed by atoms with E-state index in [1.807, 2.05) is 18.5 Å². The van der Waals surface area contributed by atoms with Gasteiger partial charge in [0.2, 0.25) is 0 Å². The molecule has 0 unspecified atom stereocenters.